The van der Waals surface area contributed by atoms with Gasteiger partial charge in [-0.05, 0) is 38.1 Å². The Morgan fingerprint density at radius 1 is 0.969 bits per heavy atom. The molecular weight excluding hydrogens is 410 g/mol. The Morgan fingerprint density at radius 3 is 2.47 bits per heavy atom. The van der Waals surface area contributed by atoms with E-state index >= 15 is 0 Å². The SMILES string of the molecule is Cc1ccc(C(=O)NNc2ncnc(Nc3cccc4ccc(C)nc34)c2[N+](=O)[O-])cc1. The van der Waals surface area contributed by atoms with Crippen molar-refractivity contribution in [2.75, 3.05) is 10.7 Å². The highest BCUT2D eigenvalue weighted by Crippen LogP contribution is 2.32. The Kier molecular flexibility index (Phi) is 5.58. The van der Waals surface area contributed by atoms with Crippen molar-refractivity contribution in [3.63, 3.8) is 0 Å². The number of aryl methyl sites for hydroxylation is 2. The van der Waals surface area contributed by atoms with Gasteiger partial charge in [-0.2, -0.15) is 0 Å². The van der Waals surface area contributed by atoms with Crippen LogP contribution in [0.2, 0.25) is 0 Å². The van der Waals surface area contributed by atoms with Gasteiger partial charge in [0.2, 0.25) is 11.6 Å². The number of nitro groups is 1. The second-order valence-electron chi connectivity index (χ2n) is 7.08. The number of carbonyl (C=O) groups excluding carboxylic acids is 1. The van der Waals surface area contributed by atoms with Gasteiger partial charge in [-0.3, -0.25) is 30.7 Å². The largest absolute Gasteiger partial charge is 0.355 e. The fourth-order valence-electron chi connectivity index (χ4n) is 3.10. The molecule has 2 heterocycles. The lowest BCUT2D eigenvalue weighted by atomic mass is 10.1. The third-order valence-electron chi connectivity index (χ3n) is 4.73. The molecule has 0 aliphatic heterocycles. The number of anilines is 3. The number of carbonyl (C=O) groups is 1. The number of aromatic nitrogens is 3. The minimum absolute atomic E-state index is 0.0344. The summed E-state index contributed by atoms with van der Waals surface area (Å²) < 4.78 is 0. The molecule has 2 aromatic heterocycles. The number of hydrogen-bond donors (Lipinski definition) is 3. The third-order valence-corrected chi connectivity index (χ3v) is 4.73. The molecule has 10 nitrogen and oxygen atoms in total. The van der Waals surface area contributed by atoms with Crippen LogP contribution in [0.15, 0.2) is 60.9 Å². The maximum Gasteiger partial charge on any atom is 0.355 e. The first-order valence-electron chi connectivity index (χ1n) is 9.68. The van der Waals surface area contributed by atoms with Gasteiger partial charge in [0.15, 0.2) is 0 Å². The van der Waals surface area contributed by atoms with E-state index in [1.54, 1.807) is 30.3 Å². The molecule has 2 aromatic carbocycles. The lowest BCUT2D eigenvalue weighted by Crippen LogP contribution is -2.30. The third kappa shape index (κ3) is 4.29. The van der Waals surface area contributed by atoms with Crippen LogP contribution in [0.1, 0.15) is 21.6 Å². The number of nitrogens with one attached hydrogen (secondary N) is 3. The lowest BCUT2D eigenvalue weighted by molar-refractivity contribution is -0.383. The summed E-state index contributed by atoms with van der Waals surface area (Å²) in [6.07, 6.45) is 1.17. The van der Waals surface area contributed by atoms with Gasteiger partial charge in [0, 0.05) is 16.6 Å². The van der Waals surface area contributed by atoms with Gasteiger partial charge in [0.05, 0.1) is 16.1 Å². The fraction of sp³-hybridized carbons (Fsp3) is 0.0909. The highest BCUT2D eigenvalue weighted by Gasteiger charge is 2.24. The number of rotatable bonds is 6. The van der Waals surface area contributed by atoms with E-state index < -0.39 is 16.5 Å². The summed E-state index contributed by atoms with van der Waals surface area (Å²) in [7, 11) is 0. The standard InChI is InChI=1S/C22H19N7O3/c1-13-6-9-16(10-7-13)22(30)28-27-21-19(29(31)32)20(23-12-24-21)26-17-5-3-4-15-11-8-14(2)25-18(15)17/h3-12H,1-2H3,(H,28,30)(H2,23,24,26,27). The molecule has 1 amide bonds. The van der Waals surface area contributed by atoms with Crippen molar-refractivity contribution in [3.05, 3.63) is 87.9 Å². The van der Waals surface area contributed by atoms with E-state index in [2.05, 4.69) is 31.1 Å². The van der Waals surface area contributed by atoms with Gasteiger partial charge in [0.25, 0.3) is 5.91 Å². The average Bonchev–Trinajstić information content (AvgIpc) is 2.78. The molecule has 0 radical (unpaired) electrons. The summed E-state index contributed by atoms with van der Waals surface area (Å²) >= 11 is 0. The van der Waals surface area contributed by atoms with Crippen LogP contribution < -0.4 is 16.2 Å². The molecule has 4 aromatic rings. The number of fused-ring (bicyclic) bond motifs is 1. The Morgan fingerprint density at radius 2 is 1.72 bits per heavy atom. The minimum Gasteiger partial charge on any atom is -0.332 e. The quantitative estimate of drug-likeness (QED) is 0.309. The van der Waals surface area contributed by atoms with Crippen molar-refractivity contribution in [2.45, 2.75) is 13.8 Å². The molecule has 0 aliphatic carbocycles. The first kappa shape index (κ1) is 20.7. The van der Waals surface area contributed by atoms with Crippen LogP contribution in [-0.4, -0.2) is 25.8 Å². The number of benzene rings is 2. The predicted octanol–water partition coefficient (Wildman–Crippen LogP) is 4.05. The van der Waals surface area contributed by atoms with Gasteiger partial charge in [0.1, 0.15) is 6.33 Å². The fourth-order valence-corrected chi connectivity index (χ4v) is 3.10. The summed E-state index contributed by atoms with van der Waals surface area (Å²) in [4.78, 5) is 36.0. The minimum atomic E-state index is -0.619. The van der Waals surface area contributed by atoms with Crippen molar-refractivity contribution >= 4 is 39.8 Å². The van der Waals surface area contributed by atoms with Gasteiger partial charge in [-0.1, -0.05) is 35.9 Å². The molecule has 0 saturated carbocycles. The van der Waals surface area contributed by atoms with Crippen molar-refractivity contribution < 1.29 is 9.72 Å². The maximum absolute atomic E-state index is 12.4. The van der Waals surface area contributed by atoms with Crippen molar-refractivity contribution in [1.29, 1.82) is 0 Å². The first-order valence-corrected chi connectivity index (χ1v) is 9.68. The molecule has 3 N–H and O–H groups in total. The molecule has 0 aliphatic rings. The Balaban J connectivity index is 1.63. The van der Waals surface area contributed by atoms with Crippen molar-refractivity contribution in [2.24, 2.45) is 0 Å². The van der Waals surface area contributed by atoms with Crippen molar-refractivity contribution in [3.8, 4) is 0 Å². The molecule has 4 rings (SSSR count). The van der Waals surface area contributed by atoms with E-state index in [1.807, 2.05) is 38.1 Å². The van der Waals surface area contributed by atoms with Crippen LogP contribution in [0.5, 0.6) is 0 Å². The molecular formula is C22H19N7O3. The normalized spacial score (nSPS) is 10.6. The smallest absolute Gasteiger partial charge is 0.332 e. The second-order valence-corrected chi connectivity index (χ2v) is 7.08. The number of hydrazine groups is 1. The summed E-state index contributed by atoms with van der Waals surface area (Å²) in [6.45, 7) is 3.77. The highest BCUT2D eigenvalue weighted by molar-refractivity contribution is 5.95. The Bertz CT molecular complexity index is 1320. The average molecular weight is 429 g/mol. The number of para-hydroxylation sites is 1. The van der Waals surface area contributed by atoms with Crippen LogP contribution in [0, 0.1) is 24.0 Å². The number of hydrogen-bond acceptors (Lipinski definition) is 8. The highest BCUT2D eigenvalue weighted by atomic mass is 16.6. The molecule has 0 atom stereocenters. The summed E-state index contributed by atoms with van der Waals surface area (Å²) in [6, 6.07) is 16.2. The van der Waals surface area contributed by atoms with E-state index in [-0.39, 0.29) is 11.6 Å². The first-order chi connectivity index (χ1) is 15.4. The zero-order chi connectivity index (χ0) is 22.7. The second kappa shape index (κ2) is 8.64. The number of amides is 1. The van der Waals surface area contributed by atoms with Crippen LogP contribution in [-0.2, 0) is 0 Å². The van der Waals surface area contributed by atoms with E-state index in [0.29, 0.717) is 16.8 Å². The van der Waals surface area contributed by atoms with E-state index in [9.17, 15) is 14.9 Å². The zero-order valence-electron chi connectivity index (χ0n) is 17.3. The van der Waals surface area contributed by atoms with E-state index in [1.165, 1.54) is 6.33 Å². The van der Waals surface area contributed by atoms with Crippen molar-refractivity contribution in [1.82, 2.24) is 20.4 Å². The molecule has 32 heavy (non-hydrogen) atoms. The van der Waals surface area contributed by atoms with Crippen LogP contribution >= 0.6 is 0 Å². The number of nitrogens with zero attached hydrogens (tertiary/aromatic N) is 4. The Hall–Kier alpha value is -4.60. The molecule has 160 valence electrons. The van der Waals surface area contributed by atoms with E-state index in [4.69, 9.17) is 0 Å². The molecule has 0 spiro atoms. The molecule has 0 saturated heterocycles. The molecule has 0 fully saturated rings. The lowest BCUT2D eigenvalue weighted by Gasteiger charge is -2.12. The van der Waals surface area contributed by atoms with Crippen LogP contribution in [0.25, 0.3) is 10.9 Å². The maximum atomic E-state index is 12.4. The molecule has 0 bridgehead atoms. The summed E-state index contributed by atoms with van der Waals surface area (Å²) in [5, 5.41) is 15.7. The molecule has 10 heteroatoms. The summed E-state index contributed by atoms with van der Waals surface area (Å²) in [5.41, 5.74) is 7.98. The number of pyridine rings is 1. The zero-order valence-corrected chi connectivity index (χ0v) is 17.3. The van der Waals surface area contributed by atoms with Gasteiger partial charge in [-0.15, -0.1) is 0 Å². The van der Waals surface area contributed by atoms with Gasteiger partial charge < -0.3 is 5.32 Å². The topological polar surface area (TPSA) is 135 Å². The van der Waals surface area contributed by atoms with Gasteiger partial charge in [-0.25, -0.2) is 9.97 Å². The Labute approximate surface area is 182 Å². The summed E-state index contributed by atoms with van der Waals surface area (Å²) in [5.74, 6) is -0.647. The predicted molar refractivity (Wildman–Crippen MR) is 121 cm³/mol. The van der Waals surface area contributed by atoms with Crippen LogP contribution in [0.3, 0.4) is 0 Å². The molecule has 0 unspecified atom stereocenters. The van der Waals surface area contributed by atoms with E-state index in [0.717, 1.165) is 16.6 Å². The van der Waals surface area contributed by atoms with Gasteiger partial charge >= 0.3 is 5.69 Å². The monoisotopic (exact) mass is 429 g/mol. The van der Waals surface area contributed by atoms with Crippen LogP contribution in [0.4, 0.5) is 23.0 Å².